The highest BCUT2D eigenvalue weighted by atomic mass is 35.5. The van der Waals surface area contributed by atoms with Crippen LogP contribution in [0.5, 0.6) is 0 Å². The number of benzene rings is 2. The average molecular weight is 515 g/mol. The van der Waals surface area contributed by atoms with E-state index in [-0.39, 0.29) is 17.3 Å². The van der Waals surface area contributed by atoms with Crippen molar-refractivity contribution in [3.05, 3.63) is 76.9 Å². The minimum atomic E-state index is -3.66. The number of carbonyl (C=O) groups is 1. The average Bonchev–Trinajstić information content (AvgIpc) is 3.49. The Hall–Kier alpha value is -2.88. The molecule has 1 amide bonds. The molecular weight excluding hydrogens is 492 g/mol. The molecule has 4 aromatic rings. The molecule has 1 aliphatic heterocycles. The van der Waals surface area contributed by atoms with Crippen molar-refractivity contribution in [2.75, 3.05) is 17.8 Å². The predicted octanol–water partition coefficient (Wildman–Crippen LogP) is 4.96. The maximum absolute atomic E-state index is 12.9. The summed E-state index contributed by atoms with van der Waals surface area (Å²) in [6.45, 7) is 1.64. The van der Waals surface area contributed by atoms with Crippen LogP contribution in [-0.2, 0) is 21.4 Å². The largest absolute Gasteiger partial charge is 0.341 e. The lowest BCUT2D eigenvalue weighted by molar-refractivity contribution is -0.132. The van der Waals surface area contributed by atoms with Crippen LogP contribution in [0.2, 0.25) is 5.02 Å². The molecule has 1 fully saturated rings. The number of halogens is 1. The van der Waals surface area contributed by atoms with Gasteiger partial charge in [0.05, 0.1) is 4.90 Å². The Labute approximate surface area is 207 Å². The number of anilines is 1. The third kappa shape index (κ3) is 4.82. The number of amides is 1. The minimum absolute atomic E-state index is 0.0885. The Balaban J connectivity index is 1.19. The zero-order valence-electron chi connectivity index (χ0n) is 18.2. The van der Waals surface area contributed by atoms with Crippen LogP contribution in [0, 0.1) is 0 Å². The second-order valence-electron chi connectivity index (χ2n) is 8.31. The van der Waals surface area contributed by atoms with Gasteiger partial charge in [-0.1, -0.05) is 29.8 Å². The molecule has 3 heterocycles. The number of fused-ring (bicyclic) bond motifs is 1. The third-order valence-electron chi connectivity index (χ3n) is 6.21. The van der Waals surface area contributed by atoms with E-state index < -0.39 is 10.0 Å². The molecule has 0 aliphatic carbocycles. The topological polar surface area (TPSA) is 84.3 Å². The number of nitrogens with one attached hydrogen (secondary N) is 1. The molecule has 176 valence electrons. The van der Waals surface area contributed by atoms with Gasteiger partial charge in [-0.05, 0) is 60.0 Å². The van der Waals surface area contributed by atoms with E-state index in [1.54, 1.807) is 23.7 Å². The van der Waals surface area contributed by atoms with Crippen LogP contribution in [0.1, 0.15) is 24.3 Å². The zero-order chi connectivity index (χ0) is 23.7. The summed E-state index contributed by atoms with van der Waals surface area (Å²) >= 11 is 7.36. The van der Waals surface area contributed by atoms with Gasteiger partial charge in [0.1, 0.15) is 6.54 Å². The number of rotatable bonds is 6. The molecular formula is C24H23ClN4O3S2. The molecule has 0 saturated carbocycles. The third-order valence-corrected chi connectivity index (χ3v) is 8.61. The first-order chi connectivity index (χ1) is 16.4. The van der Waals surface area contributed by atoms with E-state index in [9.17, 15) is 13.2 Å². The molecule has 0 unspecified atom stereocenters. The van der Waals surface area contributed by atoms with Gasteiger partial charge in [0.25, 0.3) is 10.0 Å². The lowest BCUT2D eigenvalue weighted by Crippen LogP contribution is -2.39. The summed E-state index contributed by atoms with van der Waals surface area (Å²) in [7, 11) is -3.66. The molecule has 10 heteroatoms. The molecule has 1 saturated heterocycles. The van der Waals surface area contributed by atoms with Crippen molar-refractivity contribution in [2.45, 2.75) is 30.2 Å². The lowest BCUT2D eigenvalue weighted by atomic mass is 9.89. The van der Waals surface area contributed by atoms with Crippen LogP contribution in [0.4, 0.5) is 5.13 Å². The van der Waals surface area contributed by atoms with E-state index in [1.165, 1.54) is 11.3 Å². The lowest BCUT2D eigenvalue weighted by Gasteiger charge is -2.32. The number of likely N-dealkylation sites (tertiary alicyclic amines) is 1. The van der Waals surface area contributed by atoms with E-state index in [2.05, 4.69) is 9.71 Å². The van der Waals surface area contributed by atoms with Crippen LogP contribution in [0.15, 0.2) is 71.2 Å². The smallest absolute Gasteiger partial charge is 0.263 e. The molecule has 1 aliphatic rings. The quantitative estimate of drug-likeness (QED) is 0.394. The van der Waals surface area contributed by atoms with Crippen molar-refractivity contribution in [1.82, 2.24) is 14.5 Å². The van der Waals surface area contributed by atoms with E-state index in [1.807, 2.05) is 52.1 Å². The number of hydrogen-bond acceptors (Lipinski definition) is 5. The van der Waals surface area contributed by atoms with Crippen LogP contribution < -0.4 is 4.72 Å². The van der Waals surface area contributed by atoms with Crippen molar-refractivity contribution in [2.24, 2.45) is 0 Å². The minimum Gasteiger partial charge on any atom is -0.341 e. The Morgan fingerprint density at radius 2 is 1.88 bits per heavy atom. The fourth-order valence-corrected chi connectivity index (χ4v) is 6.32. The van der Waals surface area contributed by atoms with Gasteiger partial charge < -0.3 is 9.47 Å². The monoisotopic (exact) mass is 514 g/mol. The number of piperidine rings is 1. The second-order valence-corrected chi connectivity index (χ2v) is 11.3. The van der Waals surface area contributed by atoms with Gasteiger partial charge in [-0.25, -0.2) is 13.4 Å². The normalized spacial score (nSPS) is 15.0. The number of carbonyl (C=O) groups excluding carboxylic acids is 1. The SMILES string of the molecule is O=C(Cn1ccc2ccc(Cl)cc21)N1CCC(c2ccc(S(=O)(=O)Nc3nccs3)cc2)CC1. The van der Waals surface area contributed by atoms with Gasteiger partial charge in [-0.3, -0.25) is 9.52 Å². The molecule has 1 N–H and O–H groups in total. The molecule has 7 nitrogen and oxygen atoms in total. The first-order valence-corrected chi connectivity index (χ1v) is 13.7. The van der Waals surface area contributed by atoms with E-state index in [0.717, 1.165) is 29.3 Å². The van der Waals surface area contributed by atoms with Gasteiger partial charge in [0.15, 0.2) is 5.13 Å². The van der Waals surface area contributed by atoms with Crippen molar-refractivity contribution in [1.29, 1.82) is 0 Å². The maximum Gasteiger partial charge on any atom is 0.263 e. The number of thiazole rings is 1. The fourth-order valence-electron chi connectivity index (χ4n) is 4.37. The maximum atomic E-state index is 12.9. The van der Waals surface area contributed by atoms with Gasteiger partial charge in [-0.15, -0.1) is 11.3 Å². The highest BCUT2D eigenvalue weighted by Crippen LogP contribution is 2.30. The second kappa shape index (κ2) is 9.40. The summed E-state index contributed by atoms with van der Waals surface area (Å²) in [6.07, 6.45) is 5.16. The Kier molecular flexibility index (Phi) is 6.33. The van der Waals surface area contributed by atoms with Crippen molar-refractivity contribution in [3.63, 3.8) is 0 Å². The molecule has 5 rings (SSSR count). The molecule has 0 radical (unpaired) electrons. The van der Waals surface area contributed by atoms with Crippen molar-refractivity contribution in [3.8, 4) is 0 Å². The highest BCUT2D eigenvalue weighted by Gasteiger charge is 2.25. The van der Waals surface area contributed by atoms with E-state index in [4.69, 9.17) is 11.6 Å². The predicted molar refractivity (Wildman–Crippen MR) is 135 cm³/mol. The molecule has 2 aromatic carbocycles. The van der Waals surface area contributed by atoms with E-state index in [0.29, 0.717) is 29.2 Å². The standard InChI is InChI=1S/C24H23ClN4O3S2/c25-20-4-1-19-9-13-29(22(19)15-20)16-23(30)28-11-7-18(8-12-28)17-2-5-21(6-3-17)34(31,32)27-24-26-10-14-33-24/h1-6,9-10,13-15,18H,7-8,11-12,16H2,(H,26,27). The summed E-state index contributed by atoms with van der Waals surface area (Å²) in [5.74, 6) is 0.379. The highest BCUT2D eigenvalue weighted by molar-refractivity contribution is 7.93. The Bertz CT molecular complexity index is 1410. The summed E-state index contributed by atoms with van der Waals surface area (Å²) in [4.78, 5) is 19.0. The summed E-state index contributed by atoms with van der Waals surface area (Å²) < 4.78 is 29.5. The van der Waals surface area contributed by atoms with Crippen molar-refractivity contribution >= 4 is 54.9 Å². The van der Waals surface area contributed by atoms with Crippen LogP contribution in [0.25, 0.3) is 10.9 Å². The summed E-state index contributed by atoms with van der Waals surface area (Å²) in [5, 5.41) is 3.77. The number of nitrogens with zero attached hydrogens (tertiary/aromatic N) is 3. The molecule has 2 aromatic heterocycles. The molecule has 34 heavy (non-hydrogen) atoms. The zero-order valence-corrected chi connectivity index (χ0v) is 20.6. The van der Waals surface area contributed by atoms with Crippen molar-refractivity contribution < 1.29 is 13.2 Å². The fraction of sp³-hybridized carbons (Fsp3) is 0.250. The number of aromatic nitrogens is 2. The first kappa shape index (κ1) is 22.9. The van der Waals surface area contributed by atoms with Crippen LogP contribution in [-0.4, -0.2) is 41.9 Å². The number of sulfonamides is 1. The molecule has 0 bridgehead atoms. The molecule has 0 atom stereocenters. The summed E-state index contributed by atoms with van der Waals surface area (Å²) in [5.41, 5.74) is 2.04. The van der Waals surface area contributed by atoms with Gasteiger partial charge >= 0.3 is 0 Å². The van der Waals surface area contributed by atoms with Gasteiger partial charge in [0.2, 0.25) is 5.91 Å². The Morgan fingerprint density at radius 1 is 1.12 bits per heavy atom. The van der Waals surface area contributed by atoms with Crippen LogP contribution in [0.3, 0.4) is 0 Å². The number of hydrogen-bond donors (Lipinski definition) is 1. The Morgan fingerprint density at radius 3 is 2.59 bits per heavy atom. The van der Waals surface area contributed by atoms with Gasteiger partial charge in [-0.2, -0.15) is 0 Å². The van der Waals surface area contributed by atoms with Gasteiger partial charge in [0, 0.05) is 41.4 Å². The van der Waals surface area contributed by atoms with E-state index >= 15 is 0 Å². The van der Waals surface area contributed by atoms with Crippen LogP contribution >= 0.6 is 22.9 Å². The first-order valence-electron chi connectivity index (χ1n) is 10.9. The summed E-state index contributed by atoms with van der Waals surface area (Å²) in [6, 6.07) is 14.7. The molecule has 0 spiro atoms.